The summed E-state index contributed by atoms with van der Waals surface area (Å²) < 4.78 is 18.1. The van der Waals surface area contributed by atoms with Gasteiger partial charge < -0.3 is 4.74 Å². The summed E-state index contributed by atoms with van der Waals surface area (Å²) in [5.74, 6) is -0.0951. The summed E-state index contributed by atoms with van der Waals surface area (Å²) in [6.07, 6.45) is 2.90. The van der Waals surface area contributed by atoms with Crippen molar-refractivity contribution in [1.29, 1.82) is 5.26 Å². The SMILES string of the molecule is COc1cnc(-c2cc(F)cc(C#N)c2)cn1. The molecule has 0 saturated carbocycles. The van der Waals surface area contributed by atoms with Crippen LogP contribution in [0.2, 0.25) is 0 Å². The molecule has 84 valence electrons. The van der Waals surface area contributed by atoms with E-state index in [1.165, 1.54) is 31.6 Å². The predicted octanol–water partition coefficient (Wildman–Crippen LogP) is 2.16. The zero-order valence-corrected chi connectivity index (χ0v) is 9.01. The van der Waals surface area contributed by atoms with Crippen LogP contribution in [0.4, 0.5) is 4.39 Å². The van der Waals surface area contributed by atoms with Gasteiger partial charge in [0.25, 0.3) is 0 Å². The van der Waals surface area contributed by atoms with Gasteiger partial charge in [-0.15, -0.1) is 0 Å². The molecule has 0 aliphatic rings. The van der Waals surface area contributed by atoms with Crippen molar-refractivity contribution in [3.63, 3.8) is 0 Å². The first kappa shape index (κ1) is 11.0. The molecule has 0 atom stereocenters. The average molecular weight is 229 g/mol. The van der Waals surface area contributed by atoms with Crippen LogP contribution in [0.15, 0.2) is 30.6 Å². The maximum atomic E-state index is 13.2. The van der Waals surface area contributed by atoms with E-state index in [0.29, 0.717) is 17.1 Å². The topological polar surface area (TPSA) is 58.8 Å². The fourth-order valence-electron chi connectivity index (χ4n) is 1.37. The van der Waals surface area contributed by atoms with Crippen LogP contribution in [0.1, 0.15) is 5.56 Å². The van der Waals surface area contributed by atoms with Gasteiger partial charge in [-0.05, 0) is 18.2 Å². The first-order valence-electron chi connectivity index (χ1n) is 4.80. The molecule has 5 heteroatoms. The van der Waals surface area contributed by atoms with E-state index in [4.69, 9.17) is 10.00 Å². The number of benzene rings is 1. The van der Waals surface area contributed by atoms with Crippen LogP contribution in [0.5, 0.6) is 5.88 Å². The molecule has 2 aromatic rings. The molecule has 0 aliphatic carbocycles. The summed E-state index contributed by atoms with van der Waals surface area (Å²) in [7, 11) is 1.49. The Bertz CT molecular complexity index is 575. The van der Waals surface area contributed by atoms with Crippen molar-refractivity contribution in [3.05, 3.63) is 42.0 Å². The molecule has 17 heavy (non-hydrogen) atoms. The Morgan fingerprint density at radius 2 is 2.06 bits per heavy atom. The monoisotopic (exact) mass is 229 g/mol. The van der Waals surface area contributed by atoms with Crippen LogP contribution < -0.4 is 4.74 Å². The lowest BCUT2D eigenvalue weighted by Crippen LogP contribution is -1.92. The molecule has 0 fully saturated rings. The van der Waals surface area contributed by atoms with Gasteiger partial charge in [0.1, 0.15) is 5.82 Å². The molecule has 0 radical (unpaired) electrons. The maximum Gasteiger partial charge on any atom is 0.232 e. The molecule has 4 nitrogen and oxygen atoms in total. The van der Waals surface area contributed by atoms with Crippen molar-refractivity contribution in [1.82, 2.24) is 9.97 Å². The highest BCUT2D eigenvalue weighted by molar-refractivity contribution is 5.60. The second kappa shape index (κ2) is 4.58. The number of rotatable bonds is 2. The number of aromatic nitrogens is 2. The Balaban J connectivity index is 2.45. The molecule has 0 unspecified atom stereocenters. The van der Waals surface area contributed by atoms with E-state index >= 15 is 0 Å². The lowest BCUT2D eigenvalue weighted by Gasteiger charge is -2.02. The number of nitrogens with zero attached hydrogens (tertiary/aromatic N) is 3. The minimum Gasteiger partial charge on any atom is -0.480 e. The third-order valence-electron chi connectivity index (χ3n) is 2.16. The normalized spacial score (nSPS) is 9.71. The number of methoxy groups -OCH3 is 1. The molecular formula is C12H8FN3O. The molecule has 0 bridgehead atoms. The third kappa shape index (κ3) is 2.37. The fraction of sp³-hybridized carbons (Fsp3) is 0.0833. The van der Waals surface area contributed by atoms with Crippen molar-refractivity contribution in [2.24, 2.45) is 0 Å². The second-order valence-electron chi connectivity index (χ2n) is 3.28. The first-order valence-corrected chi connectivity index (χ1v) is 4.80. The van der Waals surface area contributed by atoms with E-state index in [0.717, 1.165) is 0 Å². The first-order chi connectivity index (χ1) is 8.22. The molecule has 1 aromatic carbocycles. The summed E-state index contributed by atoms with van der Waals surface area (Å²) in [4.78, 5) is 8.04. The van der Waals surface area contributed by atoms with E-state index in [-0.39, 0.29) is 5.56 Å². The van der Waals surface area contributed by atoms with Gasteiger partial charge in [0.2, 0.25) is 5.88 Å². The second-order valence-corrected chi connectivity index (χ2v) is 3.28. The van der Waals surface area contributed by atoms with E-state index in [2.05, 4.69) is 9.97 Å². The van der Waals surface area contributed by atoms with Gasteiger partial charge in [-0.3, -0.25) is 0 Å². The smallest absolute Gasteiger partial charge is 0.232 e. The largest absolute Gasteiger partial charge is 0.480 e. The van der Waals surface area contributed by atoms with Crippen LogP contribution in [0, 0.1) is 17.1 Å². The van der Waals surface area contributed by atoms with Crippen LogP contribution in [-0.4, -0.2) is 17.1 Å². The summed E-state index contributed by atoms with van der Waals surface area (Å²) in [6.45, 7) is 0. The highest BCUT2D eigenvalue weighted by Gasteiger charge is 2.05. The van der Waals surface area contributed by atoms with Gasteiger partial charge >= 0.3 is 0 Å². The van der Waals surface area contributed by atoms with Crippen molar-refractivity contribution < 1.29 is 9.13 Å². The quantitative estimate of drug-likeness (QED) is 0.791. The zero-order chi connectivity index (χ0) is 12.3. The van der Waals surface area contributed by atoms with E-state index < -0.39 is 5.82 Å². The van der Waals surface area contributed by atoms with Crippen LogP contribution >= 0.6 is 0 Å². The Hall–Kier alpha value is -2.48. The highest BCUT2D eigenvalue weighted by atomic mass is 19.1. The summed E-state index contributed by atoms with van der Waals surface area (Å²) in [5, 5.41) is 8.74. The van der Waals surface area contributed by atoms with Crippen LogP contribution in [0.25, 0.3) is 11.3 Å². The van der Waals surface area contributed by atoms with Gasteiger partial charge in [-0.1, -0.05) is 0 Å². The number of nitriles is 1. The molecule has 1 aromatic heterocycles. The van der Waals surface area contributed by atoms with Crippen LogP contribution in [-0.2, 0) is 0 Å². The average Bonchev–Trinajstić information content (AvgIpc) is 2.38. The minimum atomic E-state index is -0.475. The molecule has 2 rings (SSSR count). The van der Waals surface area contributed by atoms with Gasteiger partial charge in [-0.25, -0.2) is 14.4 Å². The number of ether oxygens (including phenoxy) is 1. The summed E-state index contributed by atoms with van der Waals surface area (Å²) in [6, 6.07) is 5.91. The molecule has 0 aliphatic heterocycles. The van der Waals surface area contributed by atoms with Gasteiger partial charge in [0.05, 0.1) is 36.8 Å². The summed E-state index contributed by atoms with van der Waals surface area (Å²) >= 11 is 0. The van der Waals surface area contributed by atoms with Crippen molar-refractivity contribution in [3.8, 4) is 23.2 Å². The molecule has 0 N–H and O–H groups in total. The zero-order valence-electron chi connectivity index (χ0n) is 9.01. The van der Waals surface area contributed by atoms with Gasteiger partial charge in [0.15, 0.2) is 0 Å². The van der Waals surface area contributed by atoms with E-state index in [1.54, 1.807) is 6.07 Å². The standard InChI is InChI=1S/C12H8FN3O/c1-17-12-7-15-11(6-16-12)9-2-8(5-14)3-10(13)4-9/h2-4,6-7H,1H3. The summed E-state index contributed by atoms with van der Waals surface area (Å²) in [5.41, 5.74) is 1.25. The fourth-order valence-corrected chi connectivity index (χ4v) is 1.37. The lowest BCUT2D eigenvalue weighted by atomic mass is 10.1. The minimum absolute atomic E-state index is 0.248. The van der Waals surface area contributed by atoms with Crippen molar-refractivity contribution in [2.45, 2.75) is 0 Å². The van der Waals surface area contributed by atoms with Crippen molar-refractivity contribution >= 4 is 0 Å². The molecule has 1 heterocycles. The third-order valence-corrected chi connectivity index (χ3v) is 2.16. The number of hydrogen-bond acceptors (Lipinski definition) is 4. The van der Waals surface area contributed by atoms with E-state index in [9.17, 15) is 4.39 Å². The number of hydrogen-bond donors (Lipinski definition) is 0. The van der Waals surface area contributed by atoms with Crippen molar-refractivity contribution in [2.75, 3.05) is 7.11 Å². The lowest BCUT2D eigenvalue weighted by molar-refractivity contribution is 0.396. The predicted molar refractivity (Wildman–Crippen MR) is 58.7 cm³/mol. The maximum absolute atomic E-state index is 13.2. The Labute approximate surface area is 97.3 Å². The number of halogens is 1. The molecule has 0 saturated heterocycles. The van der Waals surface area contributed by atoms with Gasteiger partial charge in [-0.2, -0.15) is 5.26 Å². The van der Waals surface area contributed by atoms with Crippen LogP contribution in [0.3, 0.4) is 0 Å². The van der Waals surface area contributed by atoms with E-state index in [1.807, 2.05) is 6.07 Å². The Morgan fingerprint density at radius 3 is 2.65 bits per heavy atom. The highest BCUT2D eigenvalue weighted by Crippen LogP contribution is 2.20. The van der Waals surface area contributed by atoms with Gasteiger partial charge in [0, 0.05) is 5.56 Å². The Morgan fingerprint density at radius 1 is 1.24 bits per heavy atom. The molecule has 0 amide bonds. The molecular weight excluding hydrogens is 221 g/mol. The molecule has 0 spiro atoms. The Kier molecular flexibility index (Phi) is 2.97.